The predicted octanol–water partition coefficient (Wildman–Crippen LogP) is 5.51. The Hall–Kier alpha value is -2.64. The van der Waals surface area contributed by atoms with Crippen LogP contribution < -0.4 is 5.32 Å². The second-order valence-corrected chi connectivity index (χ2v) is 7.38. The van der Waals surface area contributed by atoms with E-state index in [2.05, 4.69) is 31.2 Å². The molecule has 0 saturated heterocycles. The second-order valence-electron chi connectivity index (χ2n) is 5.50. The molecule has 2 aromatic heterocycles. The summed E-state index contributed by atoms with van der Waals surface area (Å²) in [6, 6.07) is 15.4. The van der Waals surface area contributed by atoms with Crippen LogP contribution in [0.4, 0.5) is 10.2 Å². The average Bonchev–Trinajstić information content (AvgIpc) is 3.08. The molecule has 7 heteroatoms. The number of thiazole rings is 1. The Morgan fingerprint density at radius 1 is 1.12 bits per heavy atom. The molecule has 4 aromatic rings. The lowest BCUT2D eigenvalue weighted by Gasteiger charge is -2.07. The molecular formula is C19H11BrFN3OS. The highest BCUT2D eigenvalue weighted by Gasteiger charge is 2.13. The SMILES string of the molecule is O=C(Nc1ccc(-c2nc3ccccc3s2)cn1)c1cc(F)ccc1Br. The molecule has 2 aromatic carbocycles. The van der Waals surface area contributed by atoms with E-state index in [1.54, 1.807) is 23.6 Å². The lowest BCUT2D eigenvalue weighted by Crippen LogP contribution is -2.13. The normalized spacial score (nSPS) is 10.8. The lowest BCUT2D eigenvalue weighted by molar-refractivity contribution is 0.102. The molecule has 4 nitrogen and oxygen atoms in total. The molecule has 1 N–H and O–H groups in total. The Balaban J connectivity index is 1.56. The van der Waals surface area contributed by atoms with Gasteiger partial charge >= 0.3 is 0 Å². The van der Waals surface area contributed by atoms with Crippen LogP contribution in [-0.2, 0) is 0 Å². The fourth-order valence-electron chi connectivity index (χ4n) is 2.45. The number of pyridine rings is 1. The van der Waals surface area contributed by atoms with E-state index in [9.17, 15) is 9.18 Å². The van der Waals surface area contributed by atoms with Crippen molar-refractivity contribution in [2.45, 2.75) is 0 Å². The van der Waals surface area contributed by atoms with E-state index in [1.807, 2.05) is 30.3 Å². The van der Waals surface area contributed by atoms with Gasteiger partial charge in [0.15, 0.2) is 0 Å². The van der Waals surface area contributed by atoms with Gasteiger partial charge in [0.05, 0.1) is 15.8 Å². The number of aromatic nitrogens is 2. The van der Waals surface area contributed by atoms with Crippen LogP contribution >= 0.6 is 27.3 Å². The highest BCUT2D eigenvalue weighted by molar-refractivity contribution is 9.10. The van der Waals surface area contributed by atoms with Crippen LogP contribution in [0, 0.1) is 5.82 Å². The number of para-hydroxylation sites is 1. The number of amides is 1. The third-order valence-corrected chi connectivity index (χ3v) is 5.50. The molecule has 0 aliphatic carbocycles. The van der Waals surface area contributed by atoms with Crippen LogP contribution in [0.1, 0.15) is 10.4 Å². The second kappa shape index (κ2) is 6.93. The molecule has 1 amide bonds. The summed E-state index contributed by atoms with van der Waals surface area (Å²) >= 11 is 4.83. The summed E-state index contributed by atoms with van der Waals surface area (Å²) in [6.07, 6.45) is 1.66. The van der Waals surface area contributed by atoms with Gasteiger partial charge in [-0.05, 0) is 58.4 Å². The number of hydrogen-bond acceptors (Lipinski definition) is 4. The number of carbonyl (C=O) groups excluding carboxylic acids is 1. The number of rotatable bonds is 3. The van der Waals surface area contributed by atoms with Crippen molar-refractivity contribution in [2.75, 3.05) is 5.32 Å². The third-order valence-electron chi connectivity index (χ3n) is 3.72. The lowest BCUT2D eigenvalue weighted by atomic mass is 10.2. The van der Waals surface area contributed by atoms with E-state index in [4.69, 9.17) is 0 Å². The van der Waals surface area contributed by atoms with E-state index in [1.165, 1.54) is 18.2 Å². The minimum Gasteiger partial charge on any atom is -0.307 e. The fraction of sp³-hybridized carbons (Fsp3) is 0. The molecule has 0 unspecified atom stereocenters. The molecule has 0 atom stereocenters. The van der Waals surface area contributed by atoms with Crippen molar-refractivity contribution in [3.05, 3.63) is 76.6 Å². The van der Waals surface area contributed by atoms with Crippen LogP contribution in [0.2, 0.25) is 0 Å². The number of nitrogens with zero attached hydrogens (tertiary/aromatic N) is 2. The summed E-state index contributed by atoms with van der Waals surface area (Å²) in [5.41, 5.74) is 2.03. The number of hydrogen-bond donors (Lipinski definition) is 1. The molecule has 4 rings (SSSR count). The zero-order valence-electron chi connectivity index (χ0n) is 13.2. The Morgan fingerprint density at radius 3 is 2.73 bits per heavy atom. The summed E-state index contributed by atoms with van der Waals surface area (Å²) in [6.45, 7) is 0. The number of carbonyl (C=O) groups is 1. The fourth-order valence-corrected chi connectivity index (χ4v) is 3.83. The van der Waals surface area contributed by atoms with Crippen molar-refractivity contribution < 1.29 is 9.18 Å². The standard InChI is InChI=1S/C19H11BrFN3OS/c20-14-7-6-12(21)9-13(14)18(25)24-17-8-5-11(10-22-17)19-23-15-3-1-2-4-16(15)26-19/h1-10H,(H,22,24,25). The van der Waals surface area contributed by atoms with Gasteiger partial charge < -0.3 is 5.32 Å². The Bertz CT molecular complexity index is 1080. The van der Waals surface area contributed by atoms with Gasteiger partial charge in [-0.3, -0.25) is 4.79 Å². The number of nitrogens with one attached hydrogen (secondary N) is 1. The molecule has 0 spiro atoms. The zero-order valence-corrected chi connectivity index (χ0v) is 15.6. The van der Waals surface area contributed by atoms with Crippen LogP contribution in [0.5, 0.6) is 0 Å². The molecule has 0 saturated carbocycles. The molecule has 26 heavy (non-hydrogen) atoms. The first-order valence-corrected chi connectivity index (χ1v) is 9.29. The van der Waals surface area contributed by atoms with Crippen molar-refractivity contribution in [3.8, 4) is 10.6 Å². The molecule has 0 fully saturated rings. The molecular weight excluding hydrogens is 417 g/mol. The third kappa shape index (κ3) is 3.36. The average molecular weight is 428 g/mol. The van der Waals surface area contributed by atoms with E-state index in [-0.39, 0.29) is 5.56 Å². The van der Waals surface area contributed by atoms with Crippen LogP contribution in [0.3, 0.4) is 0 Å². The van der Waals surface area contributed by atoms with Crippen LogP contribution in [-0.4, -0.2) is 15.9 Å². The molecule has 128 valence electrons. The quantitative estimate of drug-likeness (QED) is 0.468. The number of benzene rings is 2. The molecule has 0 aliphatic rings. The molecule has 0 aliphatic heterocycles. The summed E-state index contributed by atoms with van der Waals surface area (Å²) in [4.78, 5) is 21.2. The Morgan fingerprint density at radius 2 is 1.96 bits per heavy atom. The first-order chi connectivity index (χ1) is 12.6. The van der Waals surface area contributed by atoms with Gasteiger partial charge in [-0.25, -0.2) is 14.4 Å². The predicted molar refractivity (Wildman–Crippen MR) is 105 cm³/mol. The van der Waals surface area contributed by atoms with Gasteiger partial charge in [0.2, 0.25) is 0 Å². The minimum absolute atomic E-state index is 0.210. The summed E-state index contributed by atoms with van der Waals surface area (Å²) < 4.78 is 15.0. The number of fused-ring (bicyclic) bond motifs is 1. The van der Waals surface area contributed by atoms with E-state index in [0.29, 0.717) is 10.3 Å². The summed E-state index contributed by atoms with van der Waals surface area (Å²) in [5.74, 6) is -0.523. The minimum atomic E-state index is -0.475. The van der Waals surface area contributed by atoms with E-state index >= 15 is 0 Å². The molecule has 2 heterocycles. The Labute approximate surface area is 160 Å². The maximum Gasteiger partial charge on any atom is 0.258 e. The van der Waals surface area contributed by atoms with Crippen molar-refractivity contribution in [3.63, 3.8) is 0 Å². The highest BCUT2D eigenvalue weighted by atomic mass is 79.9. The van der Waals surface area contributed by atoms with Crippen molar-refractivity contribution in [1.82, 2.24) is 9.97 Å². The summed E-state index contributed by atoms with van der Waals surface area (Å²) in [5, 5.41) is 3.53. The molecule has 0 radical (unpaired) electrons. The largest absolute Gasteiger partial charge is 0.307 e. The van der Waals surface area contributed by atoms with Gasteiger partial charge in [-0.1, -0.05) is 12.1 Å². The van der Waals surface area contributed by atoms with Gasteiger partial charge in [-0.15, -0.1) is 11.3 Å². The van der Waals surface area contributed by atoms with Crippen LogP contribution in [0.15, 0.2) is 65.3 Å². The maximum absolute atomic E-state index is 13.4. The zero-order chi connectivity index (χ0) is 18.1. The van der Waals surface area contributed by atoms with Crippen molar-refractivity contribution in [1.29, 1.82) is 0 Å². The van der Waals surface area contributed by atoms with Gasteiger partial charge in [-0.2, -0.15) is 0 Å². The first-order valence-electron chi connectivity index (χ1n) is 7.68. The van der Waals surface area contributed by atoms with E-state index < -0.39 is 11.7 Å². The van der Waals surface area contributed by atoms with Gasteiger partial charge in [0.1, 0.15) is 16.6 Å². The molecule has 0 bridgehead atoms. The summed E-state index contributed by atoms with van der Waals surface area (Å²) in [7, 11) is 0. The van der Waals surface area contributed by atoms with Gasteiger partial charge in [0, 0.05) is 16.2 Å². The highest BCUT2D eigenvalue weighted by Crippen LogP contribution is 2.30. The monoisotopic (exact) mass is 427 g/mol. The van der Waals surface area contributed by atoms with Crippen LogP contribution in [0.25, 0.3) is 20.8 Å². The van der Waals surface area contributed by atoms with Gasteiger partial charge in [0.25, 0.3) is 5.91 Å². The van der Waals surface area contributed by atoms with E-state index in [0.717, 1.165) is 20.8 Å². The topological polar surface area (TPSA) is 54.9 Å². The number of halogens is 2. The number of anilines is 1. The van der Waals surface area contributed by atoms with Crippen molar-refractivity contribution in [2.24, 2.45) is 0 Å². The Kier molecular flexibility index (Phi) is 4.48. The smallest absolute Gasteiger partial charge is 0.258 e. The van der Waals surface area contributed by atoms with Crippen molar-refractivity contribution >= 4 is 49.2 Å². The first kappa shape index (κ1) is 16.8. The maximum atomic E-state index is 13.4.